The highest BCUT2D eigenvalue weighted by atomic mass is 32.2. The highest BCUT2D eigenvalue weighted by molar-refractivity contribution is 7.92. The van der Waals surface area contributed by atoms with Crippen LogP contribution in [0.15, 0.2) is 65.6 Å². The van der Waals surface area contributed by atoms with E-state index in [1.807, 2.05) is 13.8 Å². The summed E-state index contributed by atoms with van der Waals surface area (Å²) < 4.78 is 64.2. The summed E-state index contributed by atoms with van der Waals surface area (Å²) in [6, 6.07) is 13.9. The molecule has 1 amide bonds. The number of halogens is 1. The molecule has 0 saturated carbocycles. The van der Waals surface area contributed by atoms with Gasteiger partial charge in [0, 0.05) is 18.1 Å². The quantitative estimate of drug-likeness (QED) is 0.414. The van der Waals surface area contributed by atoms with E-state index in [2.05, 4.69) is 5.32 Å². The van der Waals surface area contributed by atoms with E-state index in [1.165, 1.54) is 44.6 Å². The van der Waals surface area contributed by atoms with Gasteiger partial charge in [0.1, 0.15) is 29.5 Å². The molecule has 0 spiro atoms. The third-order valence-electron chi connectivity index (χ3n) is 6.35. The Kier molecular flexibility index (Phi) is 7.91. The number of hydrogen-bond donors (Lipinski definition) is 1. The number of ether oxygens (including phenoxy) is 4. The first-order valence-electron chi connectivity index (χ1n) is 12.1. The summed E-state index contributed by atoms with van der Waals surface area (Å²) in [5, 5.41) is 2.96. The first-order valence-corrected chi connectivity index (χ1v) is 13.6. The lowest BCUT2D eigenvalue weighted by atomic mass is 9.89. The number of carbonyl (C=O) groups is 1. The van der Waals surface area contributed by atoms with Crippen LogP contribution in [0.3, 0.4) is 0 Å². The predicted molar refractivity (Wildman–Crippen MR) is 144 cm³/mol. The van der Waals surface area contributed by atoms with Gasteiger partial charge in [-0.2, -0.15) is 0 Å². The van der Waals surface area contributed by atoms with E-state index in [9.17, 15) is 17.6 Å². The van der Waals surface area contributed by atoms with Crippen LogP contribution in [0.4, 0.5) is 10.1 Å². The lowest BCUT2D eigenvalue weighted by molar-refractivity contribution is -0.120. The van der Waals surface area contributed by atoms with Crippen LogP contribution in [0.5, 0.6) is 23.0 Å². The number of fused-ring (bicyclic) bond motifs is 1. The minimum atomic E-state index is -4.28. The Morgan fingerprint density at radius 1 is 1.00 bits per heavy atom. The van der Waals surface area contributed by atoms with Gasteiger partial charge in [-0.15, -0.1) is 0 Å². The third-order valence-corrected chi connectivity index (χ3v) is 8.12. The lowest BCUT2D eigenvalue weighted by Gasteiger charge is -2.38. The summed E-state index contributed by atoms with van der Waals surface area (Å²) in [5.41, 5.74) is 0.260. The molecule has 0 aliphatic carbocycles. The summed E-state index contributed by atoms with van der Waals surface area (Å²) in [4.78, 5) is 13.3. The molecule has 9 nitrogen and oxygen atoms in total. The molecule has 3 aromatic rings. The molecule has 0 radical (unpaired) electrons. The molecule has 0 aromatic heterocycles. The van der Waals surface area contributed by atoms with E-state index in [4.69, 9.17) is 18.9 Å². The van der Waals surface area contributed by atoms with Gasteiger partial charge in [-0.3, -0.25) is 9.10 Å². The zero-order valence-electron chi connectivity index (χ0n) is 22.4. The van der Waals surface area contributed by atoms with Gasteiger partial charge in [0.2, 0.25) is 5.91 Å². The number of sulfonamides is 1. The topological polar surface area (TPSA) is 103 Å². The van der Waals surface area contributed by atoms with E-state index < -0.39 is 39.9 Å². The Labute approximate surface area is 227 Å². The number of methoxy groups -OCH3 is 3. The third kappa shape index (κ3) is 6.03. The van der Waals surface area contributed by atoms with Crippen LogP contribution in [0.25, 0.3) is 0 Å². The number of nitrogens with one attached hydrogen (secondary N) is 1. The van der Waals surface area contributed by atoms with E-state index in [1.54, 1.807) is 25.3 Å². The molecule has 1 aliphatic heterocycles. The molecule has 208 valence electrons. The molecule has 1 aliphatic rings. The second-order valence-corrected chi connectivity index (χ2v) is 11.5. The van der Waals surface area contributed by atoms with Crippen molar-refractivity contribution in [3.8, 4) is 23.0 Å². The van der Waals surface area contributed by atoms with E-state index in [0.717, 1.165) is 22.0 Å². The van der Waals surface area contributed by atoms with E-state index in [0.29, 0.717) is 23.7 Å². The largest absolute Gasteiger partial charge is 0.497 e. The minimum absolute atomic E-state index is 0.121. The maximum absolute atomic E-state index is 13.8. The molecular formula is C28H31FN2O7S. The summed E-state index contributed by atoms with van der Waals surface area (Å²) in [5.74, 6) is 0.656. The van der Waals surface area contributed by atoms with Gasteiger partial charge in [0.05, 0.1) is 38.0 Å². The van der Waals surface area contributed by atoms with Gasteiger partial charge >= 0.3 is 0 Å². The Hall–Kier alpha value is -3.99. The molecule has 3 aromatic carbocycles. The molecule has 1 heterocycles. The molecule has 0 bridgehead atoms. The van der Waals surface area contributed by atoms with Crippen molar-refractivity contribution in [3.63, 3.8) is 0 Å². The average molecular weight is 559 g/mol. The number of hydrogen-bond acceptors (Lipinski definition) is 7. The number of carbonyl (C=O) groups excluding carboxylic acids is 1. The fourth-order valence-corrected chi connectivity index (χ4v) is 5.92. The molecule has 1 atom stereocenters. The van der Waals surface area contributed by atoms with Crippen LogP contribution in [0.1, 0.15) is 31.9 Å². The SMILES string of the molecule is COc1ccc2c(c1)C(NC(=O)CN(c1ccc(F)cc1)S(=O)(=O)c1ccc(OC)c(OC)c1)CC(C)(C)O2. The van der Waals surface area contributed by atoms with Gasteiger partial charge in [0.25, 0.3) is 10.0 Å². The van der Waals surface area contributed by atoms with Crippen molar-refractivity contribution >= 4 is 21.6 Å². The fraction of sp³-hybridized carbons (Fsp3) is 0.321. The fourth-order valence-electron chi connectivity index (χ4n) is 4.49. The first kappa shape index (κ1) is 28.0. The summed E-state index contributed by atoms with van der Waals surface area (Å²) >= 11 is 0. The summed E-state index contributed by atoms with van der Waals surface area (Å²) in [7, 11) is 0.0871. The maximum atomic E-state index is 13.8. The van der Waals surface area contributed by atoms with Crippen LogP contribution in [-0.2, 0) is 14.8 Å². The predicted octanol–water partition coefficient (Wildman–Crippen LogP) is 4.47. The number of benzene rings is 3. The first-order chi connectivity index (χ1) is 18.5. The van der Waals surface area contributed by atoms with Crippen molar-refractivity contribution in [2.75, 3.05) is 32.2 Å². The van der Waals surface area contributed by atoms with Gasteiger partial charge in [0.15, 0.2) is 11.5 Å². The molecular weight excluding hydrogens is 527 g/mol. The molecule has 1 unspecified atom stereocenters. The molecule has 11 heteroatoms. The molecule has 4 rings (SSSR count). The molecule has 0 fully saturated rings. The highest BCUT2D eigenvalue weighted by Crippen LogP contribution is 2.41. The monoisotopic (exact) mass is 558 g/mol. The van der Waals surface area contributed by atoms with Crippen molar-refractivity contribution in [3.05, 3.63) is 72.0 Å². The molecule has 0 saturated heterocycles. The van der Waals surface area contributed by atoms with Gasteiger partial charge in [-0.05, 0) is 68.4 Å². The van der Waals surface area contributed by atoms with Crippen molar-refractivity contribution in [2.45, 2.75) is 36.8 Å². The minimum Gasteiger partial charge on any atom is -0.497 e. The summed E-state index contributed by atoms with van der Waals surface area (Å²) in [6.07, 6.45) is 0.442. The standard InChI is InChI=1S/C28H31FN2O7S/c1-28(2)16-23(22-14-20(35-3)10-12-24(22)38-28)30-27(32)17-31(19-8-6-18(29)7-9-19)39(33,34)21-11-13-25(36-4)26(15-21)37-5/h6-15,23H,16-17H2,1-5H3,(H,30,32). The van der Waals surface area contributed by atoms with Gasteiger partial charge in [-0.25, -0.2) is 12.8 Å². The zero-order valence-corrected chi connectivity index (χ0v) is 23.2. The molecule has 1 N–H and O–H groups in total. The van der Waals surface area contributed by atoms with Gasteiger partial charge < -0.3 is 24.3 Å². The Morgan fingerprint density at radius 3 is 2.33 bits per heavy atom. The second kappa shape index (κ2) is 11.0. The number of amides is 1. The van der Waals surface area contributed by atoms with Crippen molar-refractivity contribution < 1.29 is 36.6 Å². The number of rotatable bonds is 9. The second-order valence-electron chi connectivity index (χ2n) is 9.59. The Bertz CT molecular complexity index is 1460. The van der Waals surface area contributed by atoms with Crippen molar-refractivity contribution in [1.82, 2.24) is 5.32 Å². The number of nitrogens with zero attached hydrogens (tertiary/aromatic N) is 1. The van der Waals surface area contributed by atoms with Gasteiger partial charge in [-0.1, -0.05) is 0 Å². The normalized spacial score (nSPS) is 15.9. The smallest absolute Gasteiger partial charge is 0.264 e. The van der Waals surface area contributed by atoms with Crippen molar-refractivity contribution in [2.24, 2.45) is 0 Å². The van der Waals surface area contributed by atoms with Crippen LogP contribution in [-0.4, -0.2) is 47.8 Å². The van der Waals surface area contributed by atoms with E-state index >= 15 is 0 Å². The van der Waals surface area contributed by atoms with Crippen LogP contribution in [0.2, 0.25) is 0 Å². The number of anilines is 1. The highest BCUT2D eigenvalue weighted by Gasteiger charge is 2.36. The Balaban J connectivity index is 1.68. The van der Waals surface area contributed by atoms with Crippen LogP contribution in [0, 0.1) is 5.82 Å². The van der Waals surface area contributed by atoms with Crippen molar-refractivity contribution in [1.29, 1.82) is 0 Å². The average Bonchev–Trinajstić information content (AvgIpc) is 2.91. The van der Waals surface area contributed by atoms with Crippen LogP contribution < -0.4 is 28.6 Å². The Morgan fingerprint density at radius 2 is 1.69 bits per heavy atom. The zero-order chi connectivity index (χ0) is 28.4. The molecule has 39 heavy (non-hydrogen) atoms. The van der Waals surface area contributed by atoms with Crippen LogP contribution >= 0.6 is 0 Å². The maximum Gasteiger partial charge on any atom is 0.264 e. The summed E-state index contributed by atoms with van der Waals surface area (Å²) in [6.45, 7) is 3.26. The lowest BCUT2D eigenvalue weighted by Crippen LogP contribution is -2.45. The van der Waals surface area contributed by atoms with E-state index in [-0.39, 0.29) is 16.3 Å².